The maximum atomic E-state index is 12.1. The minimum Gasteiger partial charge on any atom is -0.409 e. The van der Waals surface area contributed by atoms with Crippen LogP contribution in [-0.4, -0.2) is 23.5 Å². The molecule has 0 saturated carbocycles. The first-order valence-corrected chi connectivity index (χ1v) is 6.39. The number of hydrogen-bond acceptors (Lipinski definition) is 3. The zero-order valence-electron chi connectivity index (χ0n) is 12.3. The predicted molar refractivity (Wildman–Crippen MR) is 73.4 cm³/mol. The number of carbonyl (C=O) groups is 1. The van der Waals surface area contributed by atoms with Crippen LogP contribution in [0.1, 0.15) is 41.5 Å². The van der Waals surface area contributed by atoms with Gasteiger partial charge in [0.05, 0.1) is 0 Å². The second kappa shape index (κ2) is 6.61. The SMILES string of the molecule is CC(C)C(C(=O)NCC(C)(C)C(N)=NO)C(C)C. The number of hydrogen-bond donors (Lipinski definition) is 3. The molecule has 0 heterocycles. The van der Waals surface area contributed by atoms with E-state index < -0.39 is 5.41 Å². The monoisotopic (exact) mass is 257 g/mol. The van der Waals surface area contributed by atoms with Crippen molar-refractivity contribution in [1.29, 1.82) is 0 Å². The van der Waals surface area contributed by atoms with Crippen molar-refractivity contribution < 1.29 is 10.0 Å². The first-order chi connectivity index (χ1) is 8.13. The van der Waals surface area contributed by atoms with Crippen molar-refractivity contribution in [3.05, 3.63) is 0 Å². The van der Waals surface area contributed by atoms with Crippen LogP contribution in [0.25, 0.3) is 0 Å². The second-order valence-electron chi connectivity index (χ2n) is 6.10. The Morgan fingerprint density at radius 3 is 2.06 bits per heavy atom. The van der Waals surface area contributed by atoms with Crippen molar-refractivity contribution in [2.45, 2.75) is 41.5 Å². The molecule has 0 aromatic heterocycles. The van der Waals surface area contributed by atoms with Gasteiger partial charge in [0.25, 0.3) is 0 Å². The van der Waals surface area contributed by atoms with E-state index in [0.29, 0.717) is 6.54 Å². The Labute approximate surface area is 110 Å². The number of rotatable bonds is 6. The summed E-state index contributed by atoms with van der Waals surface area (Å²) in [6, 6.07) is 0. The average Bonchev–Trinajstić information content (AvgIpc) is 2.24. The molecule has 0 spiro atoms. The lowest BCUT2D eigenvalue weighted by atomic mass is 9.84. The normalized spacial score (nSPS) is 13.5. The third-order valence-electron chi connectivity index (χ3n) is 3.24. The molecule has 0 aliphatic heterocycles. The summed E-state index contributed by atoms with van der Waals surface area (Å²) < 4.78 is 0. The Morgan fingerprint density at radius 2 is 1.72 bits per heavy atom. The van der Waals surface area contributed by atoms with Crippen LogP contribution in [0.4, 0.5) is 0 Å². The molecule has 1 amide bonds. The van der Waals surface area contributed by atoms with Crippen molar-refractivity contribution >= 4 is 11.7 Å². The fraction of sp³-hybridized carbons (Fsp3) is 0.846. The minimum absolute atomic E-state index is 0.0203. The zero-order chi connectivity index (χ0) is 14.5. The molecule has 0 aromatic rings. The molecule has 5 heteroatoms. The van der Waals surface area contributed by atoms with E-state index in [4.69, 9.17) is 10.9 Å². The molecular weight excluding hydrogens is 230 g/mol. The third kappa shape index (κ3) is 4.55. The highest BCUT2D eigenvalue weighted by molar-refractivity contribution is 5.86. The lowest BCUT2D eigenvalue weighted by Gasteiger charge is -2.28. The molecule has 0 aromatic carbocycles. The summed E-state index contributed by atoms with van der Waals surface area (Å²) in [5.74, 6) is 0.703. The van der Waals surface area contributed by atoms with Crippen LogP contribution in [0.3, 0.4) is 0 Å². The van der Waals surface area contributed by atoms with E-state index in [9.17, 15) is 4.79 Å². The van der Waals surface area contributed by atoms with Gasteiger partial charge < -0.3 is 16.3 Å². The molecule has 4 N–H and O–H groups in total. The van der Waals surface area contributed by atoms with Crippen LogP contribution in [0.15, 0.2) is 5.16 Å². The van der Waals surface area contributed by atoms with Crippen molar-refractivity contribution in [1.82, 2.24) is 5.32 Å². The fourth-order valence-electron chi connectivity index (χ4n) is 2.03. The molecule has 18 heavy (non-hydrogen) atoms. The maximum Gasteiger partial charge on any atom is 0.223 e. The van der Waals surface area contributed by atoms with Gasteiger partial charge in [-0.2, -0.15) is 0 Å². The molecule has 0 unspecified atom stereocenters. The van der Waals surface area contributed by atoms with Gasteiger partial charge in [-0.25, -0.2) is 0 Å². The first-order valence-electron chi connectivity index (χ1n) is 6.39. The van der Waals surface area contributed by atoms with E-state index in [1.165, 1.54) is 0 Å². The number of oxime groups is 1. The van der Waals surface area contributed by atoms with Crippen LogP contribution in [0.5, 0.6) is 0 Å². The molecule has 0 rings (SSSR count). The van der Waals surface area contributed by atoms with Gasteiger partial charge in [-0.05, 0) is 11.8 Å². The standard InChI is InChI=1S/C13H27N3O2/c1-8(2)10(9(3)4)11(17)15-7-13(5,6)12(14)16-18/h8-10,18H,7H2,1-6H3,(H2,14,16)(H,15,17). The summed E-state index contributed by atoms with van der Waals surface area (Å²) in [7, 11) is 0. The van der Waals surface area contributed by atoms with Crippen molar-refractivity contribution in [2.75, 3.05) is 6.54 Å². The number of amidine groups is 1. The molecule has 0 aliphatic carbocycles. The smallest absolute Gasteiger partial charge is 0.223 e. The number of nitrogens with zero attached hydrogens (tertiary/aromatic N) is 1. The van der Waals surface area contributed by atoms with E-state index in [2.05, 4.69) is 10.5 Å². The molecular formula is C13H27N3O2. The van der Waals surface area contributed by atoms with Gasteiger partial charge in [-0.3, -0.25) is 4.79 Å². The van der Waals surface area contributed by atoms with Crippen LogP contribution >= 0.6 is 0 Å². The summed E-state index contributed by atoms with van der Waals surface area (Å²) in [5, 5.41) is 14.6. The van der Waals surface area contributed by atoms with Crippen LogP contribution < -0.4 is 11.1 Å². The van der Waals surface area contributed by atoms with E-state index in [1.807, 2.05) is 41.5 Å². The van der Waals surface area contributed by atoms with E-state index in [0.717, 1.165) is 0 Å². The molecule has 0 bridgehead atoms. The van der Waals surface area contributed by atoms with E-state index in [1.54, 1.807) is 0 Å². The summed E-state index contributed by atoms with van der Waals surface area (Å²) >= 11 is 0. The number of nitrogens with one attached hydrogen (secondary N) is 1. The van der Waals surface area contributed by atoms with Gasteiger partial charge in [0.1, 0.15) is 5.84 Å². The fourth-order valence-corrected chi connectivity index (χ4v) is 2.03. The highest BCUT2D eigenvalue weighted by atomic mass is 16.4. The summed E-state index contributed by atoms with van der Waals surface area (Å²) in [5.41, 5.74) is 5.03. The second-order valence-corrected chi connectivity index (χ2v) is 6.10. The van der Waals surface area contributed by atoms with Gasteiger partial charge in [-0.15, -0.1) is 0 Å². The Hall–Kier alpha value is -1.26. The van der Waals surface area contributed by atoms with E-state index >= 15 is 0 Å². The zero-order valence-corrected chi connectivity index (χ0v) is 12.3. The first kappa shape index (κ1) is 16.7. The molecule has 0 saturated heterocycles. The van der Waals surface area contributed by atoms with Gasteiger partial charge in [0, 0.05) is 17.9 Å². The highest BCUT2D eigenvalue weighted by Gasteiger charge is 2.29. The maximum absolute atomic E-state index is 12.1. The van der Waals surface area contributed by atoms with Crippen molar-refractivity contribution in [3.8, 4) is 0 Å². The predicted octanol–water partition coefficient (Wildman–Crippen LogP) is 1.80. The van der Waals surface area contributed by atoms with Crippen LogP contribution in [0, 0.1) is 23.2 Å². The molecule has 0 atom stereocenters. The summed E-state index contributed by atoms with van der Waals surface area (Å²) in [6.45, 7) is 12.2. The van der Waals surface area contributed by atoms with Gasteiger partial charge in [0.2, 0.25) is 5.91 Å². The minimum atomic E-state index is -0.553. The van der Waals surface area contributed by atoms with Gasteiger partial charge >= 0.3 is 0 Å². The average molecular weight is 257 g/mol. The van der Waals surface area contributed by atoms with E-state index in [-0.39, 0.29) is 29.5 Å². The lowest BCUT2D eigenvalue weighted by molar-refractivity contribution is -0.128. The third-order valence-corrected chi connectivity index (χ3v) is 3.24. The largest absolute Gasteiger partial charge is 0.409 e. The van der Waals surface area contributed by atoms with Gasteiger partial charge in [-0.1, -0.05) is 46.7 Å². The topological polar surface area (TPSA) is 87.7 Å². The Morgan fingerprint density at radius 1 is 1.28 bits per heavy atom. The van der Waals surface area contributed by atoms with Gasteiger partial charge in [0.15, 0.2) is 0 Å². The Kier molecular flexibility index (Phi) is 6.15. The number of amides is 1. The summed E-state index contributed by atoms with van der Waals surface area (Å²) in [4.78, 5) is 12.1. The van der Waals surface area contributed by atoms with Crippen LogP contribution in [0.2, 0.25) is 0 Å². The highest BCUT2D eigenvalue weighted by Crippen LogP contribution is 2.21. The number of nitrogens with two attached hydrogens (primary N) is 1. The van der Waals surface area contributed by atoms with Crippen molar-refractivity contribution in [3.63, 3.8) is 0 Å². The molecule has 0 aliphatic rings. The summed E-state index contributed by atoms with van der Waals surface area (Å²) in [6.07, 6.45) is 0. The van der Waals surface area contributed by atoms with Crippen molar-refractivity contribution in [2.24, 2.45) is 34.1 Å². The molecule has 0 fully saturated rings. The number of carbonyl (C=O) groups excluding carboxylic acids is 1. The Balaban J connectivity index is 4.59. The van der Waals surface area contributed by atoms with Crippen LogP contribution in [-0.2, 0) is 4.79 Å². The quantitative estimate of drug-likeness (QED) is 0.293. The molecule has 5 nitrogen and oxygen atoms in total. The Bertz CT molecular complexity index is 301. The molecule has 106 valence electrons. The lowest BCUT2D eigenvalue weighted by Crippen LogP contribution is -2.45. The molecule has 0 radical (unpaired) electrons.